The minimum Gasteiger partial charge on any atom is -0.868 e. The summed E-state index contributed by atoms with van der Waals surface area (Å²) < 4.78 is 54.9. The van der Waals surface area contributed by atoms with Gasteiger partial charge < -0.3 is 14.9 Å². The Morgan fingerprint density at radius 2 is 1.65 bits per heavy atom. The molecule has 0 spiro atoms. The normalized spacial score (nSPS) is 11.8. The SMILES string of the molecule is COC1=CC=C=C[CH]1.O=C(O)c1c(F)c(F)c([O-])c(F)c1F.[Hg+]. The maximum absolute atomic E-state index is 12.6. The Hall–Kier alpha value is -1.79. The van der Waals surface area contributed by atoms with Crippen LogP contribution in [-0.4, -0.2) is 18.2 Å². The molecule has 2 radical (unpaired) electrons. The van der Waals surface area contributed by atoms with Crippen LogP contribution in [0, 0.1) is 29.7 Å². The van der Waals surface area contributed by atoms with Crippen molar-refractivity contribution in [1.82, 2.24) is 0 Å². The average molecular weight is 517 g/mol. The Labute approximate surface area is 148 Å². The molecule has 2 rings (SSSR count). The molecule has 4 nitrogen and oxygen atoms in total. The van der Waals surface area contributed by atoms with Crippen molar-refractivity contribution in [2.24, 2.45) is 0 Å². The van der Waals surface area contributed by atoms with Crippen molar-refractivity contribution in [2.45, 2.75) is 0 Å². The summed E-state index contributed by atoms with van der Waals surface area (Å²) in [6, 6.07) is 0. The second-order valence-electron chi connectivity index (χ2n) is 3.71. The molecule has 1 aliphatic rings. The molecule has 0 saturated heterocycles. The van der Waals surface area contributed by atoms with Crippen LogP contribution < -0.4 is 5.11 Å². The Morgan fingerprint density at radius 3 is 1.96 bits per heavy atom. The molecule has 0 unspecified atom stereocenters. The van der Waals surface area contributed by atoms with Gasteiger partial charge in [-0.1, -0.05) is 0 Å². The van der Waals surface area contributed by atoms with Gasteiger partial charge in [0.25, 0.3) is 0 Å². The molecule has 0 bridgehead atoms. The Bertz CT molecular complexity index is 666. The fourth-order valence-corrected chi connectivity index (χ4v) is 1.31. The largest absolute Gasteiger partial charge is 1.00 e. The van der Waals surface area contributed by atoms with Gasteiger partial charge in [0.05, 0.1) is 13.5 Å². The van der Waals surface area contributed by atoms with Crippen LogP contribution >= 0.6 is 0 Å². The van der Waals surface area contributed by atoms with E-state index in [1.54, 1.807) is 7.11 Å². The van der Waals surface area contributed by atoms with E-state index in [1.807, 2.05) is 24.6 Å². The summed E-state index contributed by atoms with van der Waals surface area (Å²) in [5, 5.41) is 18.5. The van der Waals surface area contributed by atoms with Crippen LogP contribution in [0.25, 0.3) is 0 Å². The maximum atomic E-state index is 12.6. The summed E-state index contributed by atoms with van der Waals surface area (Å²) in [6.07, 6.45) is 7.36. The van der Waals surface area contributed by atoms with Crippen molar-refractivity contribution >= 4 is 5.97 Å². The second-order valence-corrected chi connectivity index (χ2v) is 3.71. The summed E-state index contributed by atoms with van der Waals surface area (Å²) in [4.78, 5) is 10.1. The number of methoxy groups -OCH3 is 1. The first-order valence-corrected chi connectivity index (χ1v) is 5.57. The number of aromatic carboxylic acids is 1. The fourth-order valence-electron chi connectivity index (χ4n) is 1.31. The number of halogens is 4. The summed E-state index contributed by atoms with van der Waals surface area (Å²) >= 11 is 0. The third kappa shape index (κ3) is 5.11. The number of carbonyl (C=O) groups is 1. The van der Waals surface area contributed by atoms with Gasteiger partial charge in [0.2, 0.25) is 0 Å². The van der Waals surface area contributed by atoms with Crippen molar-refractivity contribution in [1.29, 1.82) is 0 Å². The van der Waals surface area contributed by atoms with Crippen LogP contribution in [-0.2, 0) is 32.4 Å². The summed E-state index contributed by atoms with van der Waals surface area (Å²) in [5.74, 6) is -12.4. The van der Waals surface area contributed by atoms with Crippen LogP contribution in [0.2, 0.25) is 0 Å². The predicted octanol–water partition coefficient (Wildman–Crippen LogP) is 2.46. The molecule has 9 heteroatoms. The van der Waals surface area contributed by atoms with Crippen LogP contribution in [0.15, 0.2) is 29.7 Å². The van der Waals surface area contributed by atoms with Crippen LogP contribution in [0.5, 0.6) is 5.75 Å². The van der Waals surface area contributed by atoms with E-state index >= 15 is 0 Å². The van der Waals surface area contributed by atoms with E-state index in [9.17, 15) is 27.5 Å². The maximum Gasteiger partial charge on any atom is 1.00 e. The zero-order valence-corrected chi connectivity index (χ0v) is 17.2. The quantitative estimate of drug-likeness (QED) is 0.284. The van der Waals surface area contributed by atoms with Gasteiger partial charge in [0.1, 0.15) is 11.3 Å². The number of hydrogen-bond donors (Lipinski definition) is 1. The van der Waals surface area contributed by atoms with E-state index in [0.29, 0.717) is 0 Å². The number of benzene rings is 1. The topological polar surface area (TPSA) is 69.6 Å². The van der Waals surface area contributed by atoms with Crippen molar-refractivity contribution in [3.8, 4) is 5.75 Å². The third-order valence-electron chi connectivity index (χ3n) is 2.36. The summed E-state index contributed by atoms with van der Waals surface area (Å²) in [5.41, 5.74) is 1.07. The molecule has 0 aliphatic heterocycles. The first-order chi connectivity index (χ1) is 10.3. The molecule has 1 aromatic rings. The smallest absolute Gasteiger partial charge is 0.868 e. The van der Waals surface area contributed by atoms with E-state index < -0.39 is 40.6 Å². The number of rotatable bonds is 2. The molecule has 118 valence electrons. The van der Waals surface area contributed by atoms with Gasteiger partial charge in [0, 0.05) is 0 Å². The number of carboxylic acids is 1. The number of carboxylic acid groups (broad SMARTS) is 1. The van der Waals surface area contributed by atoms with Gasteiger partial charge in [-0.3, -0.25) is 0 Å². The first kappa shape index (κ1) is 21.2. The minimum atomic E-state index is -2.25. The van der Waals surface area contributed by atoms with Crippen molar-refractivity contribution in [2.75, 3.05) is 7.11 Å². The van der Waals surface area contributed by atoms with E-state index in [-0.39, 0.29) is 27.7 Å². The van der Waals surface area contributed by atoms with Crippen LogP contribution in [0.3, 0.4) is 0 Å². The predicted molar refractivity (Wildman–Crippen MR) is 64.7 cm³/mol. The van der Waals surface area contributed by atoms with Crippen molar-refractivity contribution in [3.63, 3.8) is 0 Å². The molecule has 0 aromatic heterocycles. The fraction of sp³-hybridized carbons (Fsp3) is 0.0714. The summed E-state index contributed by atoms with van der Waals surface area (Å²) in [7, 11) is 1.65. The summed E-state index contributed by atoms with van der Waals surface area (Å²) in [6.45, 7) is 0. The Morgan fingerprint density at radius 1 is 1.13 bits per heavy atom. The molecule has 0 fully saturated rings. The van der Waals surface area contributed by atoms with E-state index in [1.165, 1.54) is 0 Å². The number of hydrogen-bond acceptors (Lipinski definition) is 3. The molecule has 23 heavy (non-hydrogen) atoms. The average Bonchev–Trinajstić information content (AvgIpc) is 2.52. The van der Waals surface area contributed by atoms with Crippen molar-refractivity contribution in [3.05, 3.63) is 65.0 Å². The molecule has 0 saturated carbocycles. The van der Waals surface area contributed by atoms with Gasteiger partial charge in [-0.05, 0) is 24.0 Å². The molecule has 0 heterocycles. The van der Waals surface area contributed by atoms with Crippen molar-refractivity contribution < 1.29 is 65.0 Å². The van der Waals surface area contributed by atoms with Gasteiger partial charge in [-0.25, -0.2) is 22.4 Å². The Balaban J connectivity index is 0.000000460. The van der Waals surface area contributed by atoms with Gasteiger partial charge in [0.15, 0.2) is 23.3 Å². The number of ether oxygens (including phenoxy) is 1. The molecular weight excluding hydrogens is 509 g/mol. The number of allylic oxidation sites excluding steroid dienone is 2. The third-order valence-corrected chi connectivity index (χ3v) is 2.36. The van der Waals surface area contributed by atoms with E-state index in [2.05, 4.69) is 5.73 Å². The van der Waals surface area contributed by atoms with E-state index in [0.717, 1.165) is 5.76 Å². The monoisotopic (exact) mass is 518 g/mol. The van der Waals surface area contributed by atoms with E-state index in [4.69, 9.17) is 9.84 Å². The molecule has 1 N–H and O–H groups in total. The molecule has 1 aliphatic carbocycles. The minimum absolute atomic E-state index is 0. The van der Waals surface area contributed by atoms with Gasteiger partial charge >= 0.3 is 33.6 Å². The molecule has 0 atom stereocenters. The zero-order valence-electron chi connectivity index (χ0n) is 11.7. The standard InChI is InChI=1S/C7H2F4O3.C7H7O.Hg/c8-2-1(7(13)14)3(9)5(11)6(12)4(2)10;1-8-7-5-3-2-4-6-7;/h12H,(H,13,14);3-6H,1H3;/q;;+1/p-1. The van der Waals surface area contributed by atoms with Crippen LogP contribution in [0.4, 0.5) is 17.6 Å². The Kier molecular flexibility index (Phi) is 8.64. The molecule has 1 aromatic carbocycles. The first-order valence-electron chi connectivity index (χ1n) is 5.57. The second kappa shape index (κ2) is 9.37. The van der Waals surface area contributed by atoms with Gasteiger partial charge in [-0.15, -0.1) is 5.73 Å². The molecule has 0 amide bonds. The zero-order chi connectivity index (χ0) is 16.9. The van der Waals surface area contributed by atoms with Gasteiger partial charge in [-0.2, -0.15) is 0 Å². The molecular formula is C14H8F4HgO4. The van der Waals surface area contributed by atoms with Crippen LogP contribution in [0.1, 0.15) is 10.4 Å².